The summed E-state index contributed by atoms with van der Waals surface area (Å²) in [4.78, 5) is 0. The maximum atomic E-state index is 6.76. The summed E-state index contributed by atoms with van der Waals surface area (Å²) in [6, 6.07) is 19.1. The fourth-order valence-electron chi connectivity index (χ4n) is 3.02. The van der Waals surface area contributed by atoms with Crippen LogP contribution in [0.15, 0.2) is 71.2 Å². The molecule has 0 saturated carbocycles. The minimum absolute atomic E-state index is 0.294. The average molecular weight is 387 g/mol. The van der Waals surface area contributed by atoms with Crippen LogP contribution in [0.2, 0.25) is 0 Å². The van der Waals surface area contributed by atoms with Crippen molar-refractivity contribution >= 4 is 15.9 Å². The molecule has 128 valence electrons. The molecule has 0 aromatic heterocycles. The second-order valence-electron chi connectivity index (χ2n) is 6.63. The zero-order valence-corrected chi connectivity index (χ0v) is 16.1. The Morgan fingerprint density at radius 3 is 2.38 bits per heavy atom. The van der Waals surface area contributed by atoms with E-state index in [4.69, 9.17) is 5.73 Å². The third-order valence-electron chi connectivity index (χ3n) is 4.36. The monoisotopic (exact) mass is 386 g/mol. The van der Waals surface area contributed by atoms with E-state index in [1.165, 1.54) is 11.1 Å². The second kappa shape index (κ2) is 8.61. The molecule has 0 heterocycles. The molecule has 2 atom stereocenters. The molecule has 0 fully saturated rings. The van der Waals surface area contributed by atoms with Crippen molar-refractivity contribution in [3.05, 3.63) is 82.3 Å². The van der Waals surface area contributed by atoms with Gasteiger partial charge in [0.05, 0.1) is 0 Å². The standard InChI is InChI=1S/C21H27BrN2/c1-16(2)15-21(23,19-7-5-4-6-8-19)13-14-24-17(3)18-9-11-20(22)12-10-18/h4-12,17,24H,1,13-15,23H2,2-3H3. The summed E-state index contributed by atoms with van der Waals surface area (Å²) < 4.78 is 1.10. The van der Waals surface area contributed by atoms with Crippen LogP contribution >= 0.6 is 15.9 Å². The van der Waals surface area contributed by atoms with Crippen molar-refractivity contribution in [1.82, 2.24) is 5.32 Å². The highest BCUT2D eigenvalue weighted by Gasteiger charge is 2.26. The summed E-state index contributed by atoms with van der Waals surface area (Å²) in [5, 5.41) is 3.59. The third kappa shape index (κ3) is 5.30. The molecule has 2 nitrogen and oxygen atoms in total. The maximum absolute atomic E-state index is 6.76. The highest BCUT2D eigenvalue weighted by molar-refractivity contribution is 9.10. The molecule has 2 unspecified atom stereocenters. The van der Waals surface area contributed by atoms with E-state index in [0.717, 1.165) is 29.4 Å². The van der Waals surface area contributed by atoms with Gasteiger partial charge in [-0.3, -0.25) is 0 Å². The van der Waals surface area contributed by atoms with Gasteiger partial charge in [0.2, 0.25) is 0 Å². The molecule has 0 bridgehead atoms. The summed E-state index contributed by atoms with van der Waals surface area (Å²) in [5.41, 5.74) is 9.95. The Labute approximate surface area is 154 Å². The van der Waals surface area contributed by atoms with Gasteiger partial charge in [-0.2, -0.15) is 0 Å². The van der Waals surface area contributed by atoms with Crippen LogP contribution < -0.4 is 11.1 Å². The van der Waals surface area contributed by atoms with Crippen molar-refractivity contribution in [2.45, 2.75) is 38.3 Å². The fourth-order valence-corrected chi connectivity index (χ4v) is 3.29. The van der Waals surface area contributed by atoms with E-state index in [0.29, 0.717) is 6.04 Å². The van der Waals surface area contributed by atoms with Gasteiger partial charge in [-0.15, -0.1) is 6.58 Å². The van der Waals surface area contributed by atoms with E-state index in [2.05, 4.69) is 71.1 Å². The van der Waals surface area contributed by atoms with Crippen molar-refractivity contribution in [3.63, 3.8) is 0 Å². The minimum atomic E-state index is -0.375. The number of benzene rings is 2. The van der Waals surface area contributed by atoms with E-state index in [-0.39, 0.29) is 5.54 Å². The Balaban J connectivity index is 2.00. The van der Waals surface area contributed by atoms with Crippen molar-refractivity contribution in [3.8, 4) is 0 Å². The molecule has 0 saturated heterocycles. The first-order chi connectivity index (χ1) is 11.4. The van der Waals surface area contributed by atoms with Crippen molar-refractivity contribution in [1.29, 1.82) is 0 Å². The lowest BCUT2D eigenvalue weighted by atomic mass is 9.82. The summed E-state index contributed by atoms with van der Waals surface area (Å²) in [5.74, 6) is 0. The number of hydrogen-bond acceptors (Lipinski definition) is 2. The van der Waals surface area contributed by atoms with Crippen LogP contribution in [0.25, 0.3) is 0 Å². The van der Waals surface area contributed by atoms with Crippen LogP contribution in [-0.4, -0.2) is 6.54 Å². The number of rotatable bonds is 8. The molecule has 3 N–H and O–H groups in total. The summed E-state index contributed by atoms with van der Waals surface area (Å²) >= 11 is 3.48. The Morgan fingerprint density at radius 2 is 1.79 bits per heavy atom. The summed E-state index contributed by atoms with van der Waals surface area (Å²) in [6.45, 7) is 9.14. The Hall–Kier alpha value is -1.42. The zero-order valence-electron chi connectivity index (χ0n) is 14.6. The van der Waals surface area contributed by atoms with Crippen LogP contribution in [0.5, 0.6) is 0 Å². The van der Waals surface area contributed by atoms with Gasteiger partial charge in [-0.05, 0) is 56.5 Å². The maximum Gasteiger partial charge on any atom is 0.0459 e. The molecule has 2 aromatic rings. The summed E-state index contributed by atoms with van der Waals surface area (Å²) in [6.07, 6.45) is 1.66. The molecule has 0 amide bonds. The number of nitrogens with two attached hydrogens (primary N) is 1. The molecule has 0 spiro atoms. The minimum Gasteiger partial charge on any atom is -0.321 e. The zero-order chi connectivity index (χ0) is 17.6. The van der Waals surface area contributed by atoms with Crippen LogP contribution in [0, 0.1) is 0 Å². The molecule has 2 rings (SSSR count). The quantitative estimate of drug-likeness (QED) is 0.603. The van der Waals surface area contributed by atoms with Gasteiger partial charge in [-0.25, -0.2) is 0 Å². The average Bonchev–Trinajstić information content (AvgIpc) is 2.55. The molecule has 0 aliphatic rings. The van der Waals surface area contributed by atoms with Gasteiger partial charge in [0.1, 0.15) is 0 Å². The van der Waals surface area contributed by atoms with E-state index in [9.17, 15) is 0 Å². The van der Waals surface area contributed by atoms with Gasteiger partial charge in [-0.1, -0.05) is 64.0 Å². The van der Waals surface area contributed by atoms with Crippen LogP contribution in [0.4, 0.5) is 0 Å². The molecule has 24 heavy (non-hydrogen) atoms. The SMILES string of the molecule is C=C(C)CC(N)(CCNC(C)c1ccc(Br)cc1)c1ccccc1. The third-order valence-corrected chi connectivity index (χ3v) is 4.89. The molecular weight excluding hydrogens is 360 g/mol. The first-order valence-corrected chi connectivity index (χ1v) is 9.18. The van der Waals surface area contributed by atoms with Crippen molar-refractivity contribution in [2.24, 2.45) is 5.73 Å². The highest BCUT2D eigenvalue weighted by Crippen LogP contribution is 2.29. The number of halogens is 1. The predicted octanol–water partition coefficient (Wildman–Crippen LogP) is 5.31. The largest absolute Gasteiger partial charge is 0.321 e. The Morgan fingerprint density at radius 1 is 1.17 bits per heavy atom. The van der Waals surface area contributed by atoms with Crippen molar-refractivity contribution in [2.75, 3.05) is 6.54 Å². The molecule has 3 heteroatoms. The lowest BCUT2D eigenvalue weighted by Crippen LogP contribution is -2.40. The first kappa shape index (κ1) is 18.9. The van der Waals surface area contributed by atoms with E-state index in [1.807, 2.05) is 25.1 Å². The first-order valence-electron chi connectivity index (χ1n) is 8.38. The lowest BCUT2D eigenvalue weighted by molar-refractivity contribution is 0.382. The molecule has 2 aromatic carbocycles. The topological polar surface area (TPSA) is 38.0 Å². The van der Waals surface area contributed by atoms with Crippen molar-refractivity contribution < 1.29 is 0 Å². The van der Waals surface area contributed by atoms with E-state index < -0.39 is 0 Å². The number of hydrogen-bond donors (Lipinski definition) is 2. The van der Waals surface area contributed by atoms with Gasteiger partial charge >= 0.3 is 0 Å². The molecule has 0 radical (unpaired) electrons. The van der Waals surface area contributed by atoms with Gasteiger partial charge in [0.25, 0.3) is 0 Å². The highest BCUT2D eigenvalue weighted by atomic mass is 79.9. The van der Waals surface area contributed by atoms with E-state index in [1.54, 1.807) is 0 Å². The van der Waals surface area contributed by atoms with Gasteiger partial charge < -0.3 is 11.1 Å². The summed E-state index contributed by atoms with van der Waals surface area (Å²) in [7, 11) is 0. The van der Waals surface area contributed by atoms with Crippen LogP contribution in [0.1, 0.15) is 43.9 Å². The Kier molecular flexibility index (Phi) is 6.79. The lowest BCUT2D eigenvalue weighted by Gasteiger charge is -2.31. The smallest absolute Gasteiger partial charge is 0.0459 e. The number of nitrogens with one attached hydrogen (secondary N) is 1. The molecule has 0 aliphatic carbocycles. The second-order valence-corrected chi connectivity index (χ2v) is 7.55. The Bertz CT molecular complexity index is 651. The van der Waals surface area contributed by atoms with E-state index >= 15 is 0 Å². The van der Waals surface area contributed by atoms with Crippen LogP contribution in [0.3, 0.4) is 0 Å². The predicted molar refractivity (Wildman–Crippen MR) is 107 cm³/mol. The molecule has 0 aliphatic heterocycles. The fraction of sp³-hybridized carbons (Fsp3) is 0.333. The normalized spacial score (nSPS) is 14.8. The van der Waals surface area contributed by atoms with Gasteiger partial charge in [0.15, 0.2) is 0 Å². The molecular formula is C21H27BrN2. The van der Waals surface area contributed by atoms with Crippen LogP contribution in [-0.2, 0) is 5.54 Å². The van der Waals surface area contributed by atoms with Gasteiger partial charge in [0, 0.05) is 16.1 Å².